The molecule has 3 aromatic rings. The van der Waals surface area contributed by atoms with Crippen molar-refractivity contribution in [2.45, 2.75) is 23.8 Å². The first-order chi connectivity index (χ1) is 14.3. The molecular weight excluding hydrogens is 424 g/mol. The zero-order chi connectivity index (χ0) is 21.3. The molecular formula is C21H22N2O5S2. The van der Waals surface area contributed by atoms with Gasteiger partial charge in [0.25, 0.3) is 11.1 Å². The fourth-order valence-corrected chi connectivity index (χ4v) is 4.95. The van der Waals surface area contributed by atoms with Crippen LogP contribution in [-0.2, 0) is 9.84 Å². The molecule has 0 radical (unpaired) electrons. The summed E-state index contributed by atoms with van der Waals surface area (Å²) >= 11 is 1.49. The van der Waals surface area contributed by atoms with E-state index >= 15 is 0 Å². The smallest absolute Gasteiger partial charge is 0.274 e. The van der Waals surface area contributed by atoms with Crippen molar-refractivity contribution in [3.8, 4) is 10.9 Å². The molecule has 0 atom stereocenters. The van der Waals surface area contributed by atoms with Gasteiger partial charge in [0.1, 0.15) is 11.9 Å². The van der Waals surface area contributed by atoms with Crippen molar-refractivity contribution >= 4 is 37.3 Å². The van der Waals surface area contributed by atoms with E-state index in [4.69, 9.17) is 9.47 Å². The van der Waals surface area contributed by atoms with Crippen LogP contribution in [0.1, 0.15) is 23.2 Å². The molecule has 30 heavy (non-hydrogen) atoms. The molecule has 2 heterocycles. The quantitative estimate of drug-likeness (QED) is 0.597. The van der Waals surface area contributed by atoms with Crippen LogP contribution in [0, 0.1) is 0 Å². The van der Waals surface area contributed by atoms with Crippen molar-refractivity contribution in [2.24, 2.45) is 0 Å². The third kappa shape index (κ3) is 4.41. The molecule has 158 valence electrons. The summed E-state index contributed by atoms with van der Waals surface area (Å²) in [6.45, 7) is 1.09. The second kappa shape index (κ2) is 8.23. The Labute approximate surface area is 179 Å². The molecule has 0 unspecified atom stereocenters. The number of likely N-dealkylation sites (tertiary alicyclic amines) is 1. The first kappa shape index (κ1) is 20.6. The molecule has 7 nitrogen and oxygen atoms in total. The number of amides is 1. The van der Waals surface area contributed by atoms with Crippen LogP contribution < -0.4 is 9.47 Å². The topological polar surface area (TPSA) is 85.8 Å². The fourth-order valence-electron chi connectivity index (χ4n) is 3.43. The van der Waals surface area contributed by atoms with E-state index in [1.807, 2.05) is 18.2 Å². The summed E-state index contributed by atoms with van der Waals surface area (Å²) in [5.74, 6) is 0.595. The lowest BCUT2D eigenvalue weighted by Crippen LogP contribution is -2.41. The minimum Gasteiger partial charge on any atom is -0.497 e. The number of carbonyl (C=O) groups is 1. The Morgan fingerprint density at radius 1 is 1.17 bits per heavy atom. The number of hydrogen-bond acceptors (Lipinski definition) is 7. The lowest BCUT2D eigenvalue weighted by molar-refractivity contribution is 0.0595. The van der Waals surface area contributed by atoms with Gasteiger partial charge in [-0.3, -0.25) is 4.79 Å². The normalized spacial score (nSPS) is 15.3. The molecule has 2 aromatic carbocycles. The third-order valence-corrected chi connectivity index (χ3v) is 7.12. The second-order valence-electron chi connectivity index (χ2n) is 7.22. The van der Waals surface area contributed by atoms with Crippen molar-refractivity contribution in [1.82, 2.24) is 9.88 Å². The average molecular weight is 447 g/mol. The summed E-state index contributed by atoms with van der Waals surface area (Å²) in [6.07, 6.45) is 2.50. The van der Waals surface area contributed by atoms with Gasteiger partial charge in [0.15, 0.2) is 9.84 Å². The number of piperidine rings is 1. The number of nitrogens with zero attached hydrogens (tertiary/aromatic N) is 2. The Morgan fingerprint density at radius 3 is 2.63 bits per heavy atom. The van der Waals surface area contributed by atoms with E-state index in [1.54, 1.807) is 24.1 Å². The van der Waals surface area contributed by atoms with Crippen molar-refractivity contribution in [3.63, 3.8) is 0 Å². The van der Waals surface area contributed by atoms with Gasteiger partial charge < -0.3 is 14.4 Å². The first-order valence-corrected chi connectivity index (χ1v) is 12.2. The van der Waals surface area contributed by atoms with Gasteiger partial charge in [-0.2, -0.15) is 0 Å². The van der Waals surface area contributed by atoms with Crippen LogP contribution in [0.4, 0.5) is 0 Å². The number of ether oxygens (including phenoxy) is 2. The molecule has 0 spiro atoms. The Bertz CT molecular complexity index is 1180. The second-order valence-corrected chi connectivity index (χ2v) is 10.2. The Balaban J connectivity index is 1.38. The number of sulfone groups is 1. The van der Waals surface area contributed by atoms with Gasteiger partial charge in [-0.1, -0.05) is 17.4 Å². The van der Waals surface area contributed by atoms with Crippen molar-refractivity contribution in [1.29, 1.82) is 0 Å². The van der Waals surface area contributed by atoms with Crippen molar-refractivity contribution in [2.75, 3.05) is 26.5 Å². The van der Waals surface area contributed by atoms with Crippen LogP contribution in [0.25, 0.3) is 10.2 Å². The monoisotopic (exact) mass is 446 g/mol. The Hall–Kier alpha value is -2.65. The molecule has 1 aromatic heterocycles. The van der Waals surface area contributed by atoms with E-state index in [0.717, 1.165) is 22.2 Å². The van der Waals surface area contributed by atoms with Gasteiger partial charge in [-0.25, -0.2) is 13.4 Å². The maximum absolute atomic E-state index is 12.8. The standard InChI is InChI=1S/C21H22N2O5S2/c1-27-16-6-7-19-18(13-16)22-21(29-19)28-15-8-10-23(11-9-15)20(24)14-4-3-5-17(12-14)30(2,25)26/h3-7,12-13,15H,8-11H2,1-2H3. The van der Waals surface area contributed by atoms with E-state index in [0.29, 0.717) is 36.7 Å². The molecule has 9 heteroatoms. The summed E-state index contributed by atoms with van der Waals surface area (Å²) in [5, 5.41) is 0.615. The van der Waals surface area contributed by atoms with Crippen LogP contribution in [0.5, 0.6) is 10.9 Å². The number of rotatable bonds is 5. The zero-order valence-electron chi connectivity index (χ0n) is 16.7. The van der Waals surface area contributed by atoms with Crippen LogP contribution in [0.3, 0.4) is 0 Å². The summed E-state index contributed by atoms with van der Waals surface area (Å²) in [6, 6.07) is 11.9. The summed E-state index contributed by atoms with van der Waals surface area (Å²) in [7, 11) is -1.73. The number of hydrogen-bond donors (Lipinski definition) is 0. The van der Waals surface area contributed by atoms with E-state index in [-0.39, 0.29) is 16.9 Å². The third-order valence-electron chi connectivity index (χ3n) is 5.08. The van der Waals surface area contributed by atoms with E-state index in [9.17, 15) is 13.2 Å². The highest BCUT2D eigenvalue weighted by Gasteiger charge is 2.26. The summed E-state index contributed by atoms with van der Waals surface area (Å²) < 4.78 is 35.8. The first-order valence-electron chi connectivity index (χ1n) is 9.54. The predicted molar refractivity (Wildman–Crippen MR) is 115 cm³/mol. The average Bonchev–Trinajstić information content (AvgIpc) is 3.14. The minimum atomic E-state index is -3.35. The molecule has 1 aliphatic heterocycles. The van der Waals surface area contributed by atoms with Gasteiger partial charge in [-0.05, 0) is 30.3 Å². The maximum Gasteiger partial charge on any atom is 0.274 e. The lowest BCUT2D eigenvalue weighted by Gasteiger charge is -2.31. The highest BCUT2D eigenvalue weighted by atomic mass is 32.2. The molecule has 0 N–H and O–H groups in total. The minimum absolute atomic E-state index is 0.0149. The maximum atomic E-state index is 12.8. The number of thiazole rings is 1. The number of carbonyl (C=O) groups excluding carboxylic acids is 1. The van der Waals surface area contributed by atoms with Gasteiger partial charge in [0.2, 0.25) is 0 Å². The summed E-state index contributed by atoms with van der Waals surface area (Å²) in [5.41, 5.74) is 1.23. The predicted octanol–water partition coefficient (Wildman–Crippen LogP) is 3.39. The van der Waals surface area contributed by atoms with Gasteiger partial charge in [-0.15, -0.1) is 0 Å². The molecule has 0 bridgehead atoms. The van der Waals surface area contributed by atoms with Gasteiger partial charge in [0.05, 0.1) is 22.2 Å². The Kier molecular flexibility index (Phi) is 5.66. The number of methoxy groups -OCH3 is 1. The van der Waals surface area contributed by atoms with E-state index in [1.165, 1.54) is 23.5 Å². The SMILES string of the molecule is COc1ccc2sc(OC3CCN(C(=O)c4cccc(S(C)(=O)=O)c4)CC3)nc2c1. The van der Waals surface area contributed by atoms with Crippen molar-refractivity contribution < 1.29 is 22.7 Å². The number of aromatic nitrogens is 1. The van der Waals surface area contributed by atoms with Crippen LogP contribution in [-0.4, -0.2) is 56.8 Å². The highest BCUT2D eigenvalue weighted by molar-refractivity contribution is 7.90. The molecule has 4 rings (SSSR count). The van der Waals surface area contributed by atoms with Crippen LogP contribution >= 0.6 is 11.3 Å². The molecule has 1 saturated heterocycles. The molecule has 0 saturated carbocycles. The van der Waals surface area contributed by atoms with E-state index in [2.05, 4.69) is 4.98 Å². The molecule has 1 aliphatic rings. The molecule has 1 amide bonds. The van der Waals surface area contributed by atoms with E-state index < -0.39 is 9.84 Å². The summed E-state index contributed by atoms with van der Waals surface area (Å²) in [4.78, 5) is 19.2. The fraction of sp³-hybridized carbons (Fsp3) is 0.333. The Morgan fingerprint density at radius 2 is 1.93 bits per heavy atom. The molecule has 0 aliphatic carbocycles. The van der Waals surface area contributed by atoms with Gasteiger partial charge in [0, 0.05) is 43.8 Å². The number of fused-ring (bicyclic) bond motifs is 1. The highest BCUT2D eigenvalue weighted by Crippen LogP contribution is 2.32. The largest absolute Gasteiger partial charge is 0.497 e. The van der Waals surface area contributed by atoms with Crippen LogP contribution in [0.2, 0.25) is 0 Å². The number of benzene rings is 2. The molecule has 1 fully saturated rings. The zero-order valence-corrected chi connectivity index (χ0v) is 18.3. The van der Waals surface area contributed by atoms with Crippen LogP contribution in [0.15, 0.2) is 47.4 Å². The van der Waals surface area contributed by atoms with Crippen molar-refractivity contribution in [3.05, 3.63) is 48.0 Å². The van der Waals surface area contributed by atoms with Gasteiger partial charge >= 0.3 is 0 Å². The lowest BCUT2D eigenvalue weighted by atomic mass is 10.1.